The molecule has 0 bridgehead atoms. The predicted octanol–water partition coefficient (Wildman–Crippen LogP) is 6.17. The summed E-state index contributed by atoms with van der Waals surface area (Å²) in [6, 6.07) is 21.2. The quantitative estimate of drug-likeness (QED) is 0.197. The average molecular weight is 590 g/mol. The van der Waals surface area contributed by atoms with Gasteiger partial charge in [0.15, 0.2) is 28.8 Å². The van der Waals surface area contributed by atoms with Crippen molar-refractivity contribution in [3.05, 3.63) is 125 Å². The summed E-state index contributed by atoms with van der Waals surface area (Å²) in [6.07, 6.45) is 3.49. The zero-order valence-corrected chi connectivity index (χ0v) is 24.2. The summed E-state index contributed by atoms with van der Waals surface area (Å²) in [5.41, 5.74) is 0.938. The lowest BCUT2D eigenvalue weighted by Gasteiger charge is -2.37. The maximum Gasteiger partial charge on any atom is 0.186 e. The first kappa shape index (κ1) is 27.6. The van der Waals surface area contributed by atoms with Gasteiger partial charge in [0.05, 0.1) is 27.4 Å². The average Bonchev–Trinajstić information content (AvgIpc) is 3.49. The van der Waals surface area contributed by atoms with Crippen LogP contribution in [0, 0.1) is 11.2 Å². The summed E-state index contributed by atoms with van der Waals surface area (Å²) in [6.45, 7) is 0. The minimum atomic E-state index is -1.70. The Hall–Kier alpha value is -5.24. The molecule has 7 rings (SSSR count). The summed E-state index contributed by atoms with van der Waals surface area (Å²) in [5, 5.41) is 0. The van der Waals surface area contributed by atoms with Gasteiger partial charge in [-0.1, -0.05) is 54.6 Å². The normalized spacial score (nSPS) is 20.7. The summed E-state index contributed by atoms with van der Waals surface area (Å²) in [4.78, 5) is 46.3. The summed E-state index contributed by atoms with van der Waals surface area (Å²) < 4.78 is 31.0. The van der Waals surface area contributed by atoms with Crippen molar-refractivity contribution in [3.63, 3.8) is 0 Å². The molecule has 1 fully saturated rings. The van der Waals surface area contributed by atoms with Crippen molar-refractivity contribution in [2.75, 3.05) is 26.2 Å². The zero-order valence-electron chi connectivity index (χ0n) is 24.2. The maximum atomic E-state index is 14.9. The molecule has 44 heavy (non-hydrogen) atoms. The second kappa shape index (κ2) is 10.2. The molecule has 1 spiro atoms. The summed E-state index contributed by atoms with van der Waals surface area (Å²) >= 11 is 0. The molecule has 1 aliphatic carbocycles. The van der Waals surface area contributed by atoms with E-state index in [1.165, 1.54) is 33.5 Å². The first-order chi connectivity index (χ1) is 21.3. The standard InChI is InChI=1S/C36H28FNO6/c1-42-24-8-6-7-22(18-24)33(39)32-31(21-11-15-28(43-2)29(19-21)44-3)36(34(40)25-9-4-5-10-26(25)35(36)41)30-16-12-20-17-23(37)13-14-27(20)38(30)32/h4-19,30-32H,1-3H3/t30-,31+,32-/m1/s1. The van der Waals surface area contributed by atoms with Crippen LogP contribution in [0.3, 0.4) is 0 Å². The Bertz CT molecular complexity index is 1860. The van der Waals surface area contributed by atoms with Crippen LogP contribution in [0.2, 0.25) is 0 Å². The van der Waals surface area contributed by atoms with Gasteiger partial charge < -0.3 is 19.1 Å². The molecule has 2 heterocycles. The van der Waals surface area contributed by atoms with Gasteiger partial charge in [0.1, 0.15) is 23.0 Å². The number of nitrogens with zero attached hydrogens (tertiary/aromatic N) is 1. The lowest BCUT2D eigenvalue weighted by atomic mass is 9.64. The third-order valence-electron chi connectivity index (χ3n) is 9.16. The number of benzene rings is 4. The summed E-state index contributed by atoms with van der Waals surface area (Å²) in [7, 11) is 4.54. The van der Waals surface area contributed by atoms with E-state index in [9.17, 15) is 18.8 Å². The third kappa shape index (κ3) is 3.70. The van der Waals surface area contributed by atoms with E-state index in [1.54, 1.807) is 84.9 Å². The first-order valence-corrected chi connectivity index (χ1v) is 14.2. The number of carbonyl (C=O) groups excluding carboxylic acids is 3. The fourth-order valence-corrected chi connectivity index (χ4v) is 7.31. The van der Waals surface area contributed by atoms with Gasteiger partial charge in [-0.25, -0.2) is 4.39 Å². The molecule has 0 unspecified atom stereocenters. The van der Waals surface area contributed by atoms with Crippen LogP contribution in [0.5, 0.6) is 17.2 Å². The largest absolute Gasteiger partial charge is 0.497 e. The molecule has 220 valence electrons. The van der Waals surface area contributed by atoms with Gasteiger partial charge in [-0.05, 0) is 48.0 Å². The highest BCUT2D eigenvalue weighted by molar-refractivity contribution is 6.32. The molecule has 3 aliphatic rings. The molecule has 0 saturated carbocycles. The van der Waals surface area contributed by atoms with Crippen LogP contribution in [0.25, 0.3) is 6.08 Å². The number of ketones is 3. The number of anilines is 1. The maximum absolute atomic E-state index is 14.9. The van der Waals surface area contributed by atoms with Crippen LogP contribution in [-0.4, -0.2) is 50.8 Å². The Morgan fingerprint density at radius 2 is 1.52 bits per heavy atom. The minimum Gasteiger partial charge on any atom is -0.497 e. The second-order valence-electron chi connectivity index (χ2n) is 11.1. The molecule has 0 N–H and O–H groups in total. The van der Waals surface area contributed by atoms with E-state index in [0.29, 0.717) is 50.8 Å². The summed E-state index contributed by atoms with van der Waals surface area (Å²) in [5.74, 6) is -1.08. The van der Waals surface area contributed by atoms with Gasteiger partial charge in [0.2, 0.25) is 0 Å². The number of Topliss-reactive ketones (excluding diaryl/α,β-unsaturated/α-hetero) is 3. The van der Waals surface area contributed by atoms with Gasteiger partial charge in [-0.3, -0.25) is 14.4 Å². The molecular formula is C36H28FNO6. The van der Waals surface area contributed by atoms with Crippen molar-refractivity contribution in [3.8, 4) is 17.2 Å². The fourth-order valence-electron chi connectivity index (χ4n) is 7.31. The Balaban J connectivity index is 1.55. The predicted molar refractivity (Wildman–Crippen MR) is 163 cm³/mol. The molecule has 2 aliphatic heterocycles. The second-order valence-corrected chi connectivity index (χ2v) is 11.1. The molecule has 3 atom stereocenters. The van der Waals surface area contributed by atoms with Gasteiger partial charge in [0.25, 0.3) is 0 Å². The molecule has 0 amide bonds. The Morgan fingerprint density at radius 3 is 2.20 bits per heavy atom. The van der Waals surface area contributed by atoms with Crippen LogP contribution in [-0.2, 0) is 0 Å². The highest BCUT2D eigenvalue weighted by Crippen LogP contribution is 2.61. The lowest BCUT2D eigenvalue weighted by Crippen LogP contribution is -2.48. The van der Waals surface area contributed by atoms with Crippen LogP contribution >= 0.6 is 0 Å². The third-order valence-corrected chi connectivity index (χ3v) is 9.16. The van der Waals surface area contributed by atoms with Crippen LogP contribution < -0.4 is 19.1 Å². The Labute approximate surface area is 253 Å². The smallest absolute Gasteiger partial charge is 0.186 e. The molecule has 7 nitrogen and oxygen atoms in total. The molecule has 4 aromatic rings. The lowest BCUT2D eigenvalue weighted by molar-refractivity contribution is 0.0665. The molecule has 0 aromatic heterocycles. The van der Waals surface area contributed by atoms with Crippen molar-refractivity contribution in [2.24, 2.45) is 5.41 Å². The van der Waals surface area contributed by atoms with Crippen molar-refractivity contribution >= 4 is 29.1 Å². The zero-order chi connectivity index (χ0) is 30.7. The number of ether oxygens (including phenoxy) is 3. The van der Waals surface area contributed by atoms with Crippen molar-refractivity contribution in [1.29, 1.82) is 0 Å². The monoisotopic (exact) mass is 589 g/mol. The molecule has 4 aromatic carbocycles. The highest BCUT2D eigenvalue weighted by Gasteiger charge is 2.71. The minimum absolute atomic E-state index is 0.312. The number of hydrogen-bond acceptors (Lipinski definition) is 7. The van der Waals surface area contributed by atoms with E-state index in [4.69, 9.17) is 14.2 Å². The fraction of sp³-hybridized carbons (Fsp3) is 0.194. The SMILES string of the molecule is COc1cccc(C(=O)[C@H]2[C@H](c3ccc(OC)c(OC)c3)C3(C(=O)c4ccccc4C3=O)[C@H]3C=Cc4cc(F)ccc4N23)c1. The van der Waals surface area contributed by atoms with E-state index < -0.39 is 29.2 Å². The van der Waals surface area contributed by atoms with Crippen molar-refractivity contribution in [1.82, 2.24) is 0 Å². The number of hydrogen-bond donors (Lipinski definition) is 0. The highest BCUT2D eigenvalue weighted by atomic mass is 19.1. The Kier molecular flexibility index (Phi) is 6.39. The van der Waals surface area contributed by atoms with Crippen LogP contribution in [0.4, 0.5) is 10.1 Å². The van der Waals surface area contributed by atoms with E-state index in [2.05, 4.69) is 0 Å². The van der Waals surface area contributed by atoms with Gasteiger partial charge in [-0.15, -0.1) is 0 Å². The number of halogens is 1. The van der Waals surface area contributed by atoms with E-state index in [0.717, 1.165) is 0 Å². The van der Waals surface area contributed by atoms with Crippen LogP contribution in [0.15, 0.2) is 91.0 Å². The van der Waals surface area contributed by atoms with Gasteiger partial charge in [0, 0.05) is 33.9 Å². The van der Waals surface area contributed by atoms with Crippen molar-refractivity contribution in [2.45, 2.75) is 18.0 Å². The number of methoxy groups -OCH3 is 3. The van der Waals surface area contributed by atoms with Crippen molar-refractivity contribution < 1.29 is 33.0 Å². The Morgan fingerprint density at radius 1 is 0.795 bits per heavy atom. The number of rotatable bonds is 6. The number of carbonyl (C=O) groups is 3. The topological polar surface area (TPSA) is 82.1 Å². The van der Waals surface area contributed by atoms with Crippen LogP contribution in [0.1, 0.15) is 48.1 Å². The van der Waals surface area contributed by atoms with Gasteiger partial charge >= 0.3 is 0 Å². The first-order valence-electron chi connectivity index (χ1n) is 14.2. The van der Waals surface area contributed by atoms with E-state index in [1.807, 2.05) is 4.90 Å². The van der Waals surface area contributed by atoms with Gasteiger partial charge in [-0.2, -0.15) is 0 Å². The molecular weight excluding hydrogens is 561 g/mol. The molecule has 1 saturated heterocycles. The van der Waals surface area contributed by atoms with E-state index in [-0.39, 0.29) is 17.3 Å². The van der Waals surface area contributed by atoms with E-state index >= 15 is 0 Å². The number of fused-ring (bicyclic) bond motifs is 5. The molecule has 0 radical (unpaired) electrons. The molecule has 8 heteroatoms.